The van der Waals surface area contributed by atoms with E-state index in [-0.39, 0.29) is 0 Å². The van der Waals surface area contributed by atoms with Crippen LogP contribution in [0.3, 0.4) is 0 Å². The number of fused-ring (bicyclic) bond motifs is 1. The van der Waals surface area contributed by atoms with Crippen molar-refractivity contribution < 1.29 is 4.74 Å². The van der Waals surface area contributed by atoms with Gasteiger partial charge < -0.3 is 10.1 Å². The molecule has 20 heavy (non-hydrogen) atoms. The SMILES string of the molecule is Clc1cc(Cl)c(NCC2COc3ccccc32)cc1Cl. The number of hydrogen-bond acceptors (Lipinski definition) is 2. The highest BCUT2D eigenvalue weighted by molar-refractivity contribution is 6.44. The fourth-order valence-corrected chi connectivity index (χ4v) is 2.90. The van der Waals surface area contributed by atoms with E-state index in [4.69, 9.17) is 39.5 Å². The van der Waals surface area contributed by atoms with Gasteiger partial charge in [0, 0.05) is 18.0 Å². The molecule has 104 valence electrons. The number of ether oxygens (including phenoxy) is 1. The van der Waals surface area contributed by atoms with E-state index in [0.717, 1.165) is 18.0 Å². The maximum atomic E-state index is 6.15. The molecule has 0 radical (unpaired) electrons. The summed E-state index contributed by atoms with van der Waals surface area (Å²) in [4.78, 5) is 0. The molecule has 0 fully saturated rings. The van der Waals surface area contributed by atoms with Crippen LogP contribution in [0.25, 0.3) is 0 Å². The number of hydrogen-bond donors (Lipinski definition) is 1. The van der Waals surface area contributed by atoms with Gasteiger partial charge in [0.15, 0.2) is 0 Å². The van der Waals surface area contributed by atoms with Crippen LogP contribution in [0.4, 0.5) is 5.69 Å². The molecule has 0 saturated carbocycles. The molecule has 1 aliphatic heterocycles. The van der Waals surface area contributed by atoms with Crippen molar-refractivity contribution >= 4 is 40.5 Å². The first-order chi connectivity index (χ1) is 9.65. The summed E-state index contributed by atoms with van der Waals surface area (Å²) >= 11 is 18.1. The number of benzene rings is 2. The van der Waals surface area contributed by atoms with E-state index in [9.17, 15) is 0 Å². The van der Waals surface area contributed by atoms with Crippen LogP contribution in [0.15, 0.2) is 36.4 Å². The minimum Gasteiger partial charge on any atom is -0.493 e. The topological polar surface area (TPSA) is 21.3 Å². The van der Waals surface area contributed by atoms with Crippen LogP contribution in [-0.2, 0) is 0 Å². The van der Waals surface area contributed by atoms with Crippen molar-refractivity contribution in [2.75, 3.05) is 18.5 Å². The van der Waals surface area contributed by atoms with Crippen LogP contribution < -0.4 is 10.1 Å². The Kier molecular flexibility index (Phi) is 3.97. The summed E-state index contributed by atoms with van der Waals surface area (Å²) in [5.74, 6) is 1.26. The lowest BCUT2D eigenvalue weighted by atomic mass is 10.0. The summed E-state index contributed by atoms with van der Waals surface area (Å²) in [6.45, 7) is 1.40. The Morgan fingerprint density at radius 2 is 1.80 bits per heavy atom. The quantitative estimate of drug-likeness (QED) is 0.778. The predicted molar refractivity (Wildman–Crippen MR) is 84.6 cm³/mol. The second kappa shape index (κ2) is 5.72. The highest BCUT2D eigenvalue weighted by Crippen LogP contribution is 2.35. The lowest BCUT2D eigenvalue weighted by Gasteiger charge is -2.13. The van der Waals surface area contributed by atoms with Gasteiger partial charge in [-0.05, 0) is 18.2 Å². The largest absolute Gasteiger partial charge is 0.493 e. The van der Waals surface area contributed by atoms with Gasteiger partial charge in [-0.2, -0.15) is 0 Å². The summed E-state index contributed by atoms with van der Waals surface area (Å²) in [5.41, 5.74) is 2.00. The highest BCUT2D eigenvalue weighted by Gasteiger charge is 2.23. The van der Waals surface area contributed by atoms with Crippen molar-refractivity contribution in [3.8, 4) is 5.75 Å². The molecule has 0 bridgehead atoms. The minimum absolute atomic E-state index is 0.303. The first-order valence-corrected chi connectivity index (χ1v) is 7.38. The molecule has 0 aliphatic carbocycles. The van der Waals surface area contributed by atoms with E-state index in [2.05, 4.69) is 11.4 Å². The lowest BCUT2D eigenvalue weighted by molar-refractivity contribution is 0.334. The highest BCUT2D eigenvalue weighted by atomic mass is 35.5. The van der Waals surface area contributed by atoms with Gasteiger partial charge in [-0.1, -0.05) is 53.0 Å². The summed E-state index contributed by atoms with van der Waals surface area (Å²) in [7, 11) is 0. The second-order valence-electron chi connectivity index (χ2n) is 4.67. The molecule has 5 heteroatoms. The zero-order valence-corrected chi connectivity index (χ0v) is 12.8. The Balaban J connectivity index is 1.74. The molecule has 2 aromatic carbocycles. The molecule has 0 aromatic heterocycles. The minimum atomic E-state index is 0.303. The normalized spacial score (nSPS) is 16.6. The molecular weight excluding hydrogens is 317 g/mol. The number of rotatable bonds is 3. The maximum absolute atomic E-state index is 6.15. The number of halogens is 3. The molecule has 2 aromatic rings. The van der Waals surface area contributed by atoms with Crippen LogP contribution >= 0.6 is 34.8 Å². The second-order valence-corrected chi connectivity index (χ2v) is 5.89. The van der Waals surface area contributed by atoms with Gasteiger partial charge in [-0.15, -0.1) is 0 Å². The predicted octanol–water partition coefficient (Wildman–Crippen LogP) is 5.23. The Bertz CT molecular complexity index is 645. The zero-order chi connectivity index (χ0) is 14.1. The Labute approximate surface area is 132 Å². The first kappa shape index (κ1) is 13.9. The van der Waals surface area contributed by atoms with E-state index < -0.39 is 0 Å². The molecule has 1 N–H and O–H groups in total. The van der Waals surface area contributed by atoms with Crippen LogP contribution in [0.2, 0.25) is 15.1 Å². The third-order valence-corrected chi connectivity index (χ3v) is 4.38. The van der Waals surface area contributed by atoms with Crippen molar-refractivity contribution in [3.63, 3.8) is 0 Å². The first-order valence-electron chi connectivity index (χ1n) is 6.25. The van der Waals surface area contributed by atoms with Gasteiger partial charge in [0.1, 0.15) is 5.75 Å². The van der Waals surface area contributed by atoms with E-state index >= 15 is 0 Å². The molecular formula is C15H12Cl3NO. The van der Waals surface area contributed by atoms with Crippen molar-refractivity contribution in [1.29, 1.82) is 0 Å². The standard InChI is InChI=1S/C15H12Cl3NO/c16-11-5-13(18)14(6-12(11)17)19-7-9-8-20-15-4-2-1-3-10(9)15/h1-6,9,19H,7-8H2. The van der Waals surface area contributed by atoms with Gasteiger partial charge in [-0.25, -0.2) is 0 Å². The van der Waals surface area contributed by atoms with Gasteiger partial charge >= 0.3 is 0 Å². The Morgan fingerprint density at radius 1 is 1.05 bits per heavy atom. The van der Waals surface area contributed by atoms with Gasteiger partial charge in [0.2, 0.25) is 0 Å². The summed E-state index contributed by atoms with van der Waals surface area (Å²) in [6, 6.07) is 11.5. The zero-order valence-electron chi connectivity index (χ0n) is 10.5. The van der Waals surface area contributed by atoms with Crippen LogP contribution in [0.1, 0.15) is 11.5 Å². The lowest BCUT2D eigenvalue weighted by Crippen LogP contribution is -2.14. The average Bonchev–Trinajstić information content (AvgIpc) is 2.85. The maximum Gasteiger partial charge on any atom is 0.122 e. The third-order valence-electron chi connectivity index (χ3n) is 3.35. The Hall–Kier alpha value is -1.09. The number of para-hydroxylation sites is 1. The fourth-order valence-electron chi connectivity index (χ4n) is 2.29. The van der Waals surface area contributed by atoms with Gasteiger partial charge in [0.25, 0.3) is 0 Å². The van der Waals surface area contributed by atoms with Gasteiger partial charge in [-0.3, -0.25) is 0 Å². The fraction of sp³-hybridized carbons (Fsp3) is 0.200. The molecule has 0 amide bonds. The molecule has 1 unspecified atom stereocenters. The van der Waals surface area contributed by atoms with E-state index in [1.807, 2.05) is 18.2 Å². The van der Waals surface area contributed by atoms with E-state index in [0.29, 0.717) is 27.6 Å². The summed E-state index contributed by atoms with van der Waals surface area (Å²) in [6.07, 6.45) is 0. The number of nitrogens with one attached hydrogen (secondary N) is 1. The monoisotopic (exact) mass is 327 g/mol. The van der Waals surface area contributed by atoms with Crippen LogP contribution in [-0.4, -0.2) is 13.2 Å². The molecule has 0 saturated heterocycles. The summed E-state index contributed by atoms with van der Waals surface area (Å²) in [5, 5.41) is 4.81. The smallest absolute Gasteiger partial charge is 0.122 e. The van der Waals surface area contributed by atoms with E-state index in [1.54, 1.807) is 12.1 Å². The van der Waals surface area contributed by atoms with Gasteiger partial charge in [0.05, 0.1) is 27.4 Å². The van der Waals surface area contributed by atoms with Crippen LogP contribution in [0, 0.1) is 0 Å². The van der Waals surface area contributed by atoms with Crippen molar-refractivity contribution in [3.05, 3.63) is 57.0 Å². The number of anilines is 1. The van der Waals surface area contributed by atoms with Crippen molar-refractivity contribution in [2.45, 2.75) is 5.92 Å². The average molecular weight is 329 g/mol. The molecule has 3 rings (SSSR count). The molecule has 0 spiro atoms. The molecule has 1 heterocycles. The van der Waals surface area contributed by atoms with Crippen molar-refractivity contribution in [1.82, 2.24) is 0 Å². The van der Waals surface area contributed by atoms with Crippen LogP contribution in [0.5, 0.6) is 5.75 Å². The third kappa shape index (κ3) is 2.69. The molecule has 1 atom stereocenters. The molecule has 1 aliphatic rings. The van der Waals surface area contributed by atoms with Crippen molar-refractivity contribution in [2.24, 2.45) is 0 Å². The summed E-state index contributed by atoms with van der Waals surface area (Å²) < 4.78 is 5.65. The van der Waals surface area contributed by atoms with E-state index in [1.165, 1.54) is 5.56 Å². The molecule has 2 nitrogen and oxygen atoms in total. The Morgan fingerprint density at radius 3 is 2.65 bits per heavy atom.